The maximum absolute atomic E-state index is 11.0. The molecule has 0 radical (unpaired) electrons. The van der Waals surface area contributed by atoms with Crippen LogP contribution in [-0.2, 0) is 0 Å². The van der Waals surface area contributed by atoms with Gasteiger partial charge in [-0.15, -0.1) is 0 Å². The number of aromatic carboxylic acids is 1. The van der Waals surface area contributed by atoms with Gasteiger partial charge >= 0.3 is 5.97 Å². The molecule has 3 heterocycles. The molecular weight excluding hydrogens is 270 g/mol. The molecule has 3 rings (SSSR count). The van der Waals surface area contributed by atoms with E-state index in [4.69, 9.17) is 9.84 Å². The largest absolute Gasteiger partial charge is 0.490 e. The van der Waals surface area contributed by atoms with Crippen molar-refractivity contribution in [3.05, 3.63) is 42.5 Å². The number of nitrogens with zero attached hydrogens (tertiary/aromatic N) is 2. The van der Waals surface area contributed by atoms with Crippen LogP contribution in [0.4, 0.5) is 0 Å². The quantitative estimate of drug-likeness (QED) is 0.867. The number of ether oxygens (including phenoxy) is 1. The number of carbonyl (C=O) groups is 1. The lowest BCUT2D eigenvalue weighted by atomic mass is 10.1. The van der Waals surface area contributed by atoms with Crippen molar-refractivity contribution < 1.29 is 14.6 Å². The average molecular weight is 285 g/mol. The molecule has 2 aromatic heterocycles. The van der Waals surface area contributed by atoms with Gasteiger partial charge in [-0.05, 0) is 25.1 Å². The first kappa shape index (κ1) is 13.5. The average Bonchev–Trinajstić information content (AvgIpc) is 2.46. The first-order valence-corrected chi connectivity index (χ1v) is 6.72. The first-order chi connectivity index (χ1) is 10.2. The van der Waals surface area contributed by atoms with Gasteiger partial charge in [0.15, 0.2) is 0 Å². The van der Waals surface area contributed by atoms with E-state index in [1.807, 2.05) is 6.07 Å². The molecule has 6 nitrogen and oxygen atoms in total. The summed E-state index contributed by atoms with van der Waals surface area (Å²) in [5.74, 6) is -0.331. The molecule has 0 aromatic carbocycles. The lowest BCUT2D eigenvalue weighted by molar-refractivity contribution is 0.0696. The van der Waals surface area contributed by atoms with Gasteiger partial charge in [0.1, 0.15) is 12.4 Å². The second-order valence-corrected chi connectivity index (χ2v) is 4.93. The molecule has 0 aliphatic carbocycles. The van der Waals surface area contributed by atoms with Crippen LogP contribution in [0.25, 0.3) is 11.1 Å². The number of hydrogen-bond donors (Lipinski definition) is 2. The standard InChI is InChI=1S/C15H15N3O3/c19-15(20)12-3-10(5-16-7-12)11-4-14(8-17-6-11)21-9-13-1-2-18-13/h3-8,13,18H,1-2,9H2,(H,19,20)/t13-/m1/s1. The molecular formula is C15H15N3O3. The fraction of sp³-hybridized carbons (Fsp3) is 0.267. The van der Waals surface area contributed by atoms with E-state index in [2.05, 4.69) is 15.3 Å². The highest BCUT2D eigenvalue weighted by atomic mass is 16.5. The van der Waals surface area contributed by atoms with Crippen LogP contribution in [0.5, 0.6) is 5.75 Å². The summed E-state index contributed by atoms with van der Waals surface area (Å²) >= 11 is 0. The molecule has 1 atom stereocenters. The minimum absolute atomic E-state index is 0.150. The summed E-state index contributed by atoms with van der Waals surface area (Å²) in [5.41, 5.74) is 1.64. The predicted octanol–water partition coefficient (Wildman–Crippen LogP) is 1.58. The Hall–Kier alpha value is -2.47. The van der Waals surface area contributed by atoms with Crippen molar-refractivity contribution in [1.82, 2.24) is 15.3 Å². The Morgan fingerprint density at radius 2 is 1.95 bits per heavy atom. The Morgan fingerprint density at radius 3 is 2.62 bits per heavy atom. The molecule has 1 fully saturated rings. The van der Waals surface area contributed by atoms with Gasteiger partial charge < -0.3 is 15.2 Å². The molecule has 2 aromatic rings. The van der Waals surface area contributed by atoms with Crippen LogP contribution >= 0.6 is 0 Å². The summed E-state index contributed by atoms with van der Waals surface area (Å²) < 4.78 is 5.69. The molecule has 0 saturated carbocycles. The molecule has 21 heavy (non-hydrogen) atoms. The topological polar surface area (TPSA) is 84.3 Å². The number of rotatable bonds is 5. The van der Waals surface area contributed by atoms with Gasteiger partial charge in [0.2, 0.25) is 0 Å². The third kappa shape index (κ3) is 3.17. The summed E-state index contributed by atoms with van der Waals surface area (Å²) in [6, 6.07) is 3.82. The second kappa shape index (κ2) is 5.88. The Morgan fingerprint density at radius 1 is 1.24 bits per heavy atom. The van der Waals surface area contributed by atoms with Crippen molar-refractivity contribution in [3.63, 3.8) is 0 Å². The normalized spacial score (nSPS) is 17.0. The van der Waals surface area contributed by atoms with Gasteiger partial charge in [-0.2, -0.15) is 0 Å². The molecule has 0 bridgehead atoms. The number of aromatic nitrogens is 2. The van der Waals surface area contributed by atoms with E-state index in [-0.39, 0.29) is 5.56 Å². The van der Waals surface area contributed by atoms with Crippen LogP contribution in [0.2, 0.25) is 0 Å². The van der Waals surface area contributed by atoms with E-state index < -0.39 is 5.97 Å². The lowest BCUT2D eigenvalue weighted by Gasteiger charge is -2.27. The number of nitrogens with one attached hydrogen (secondary N) is 1. The summed E-state index contributed by atoms with van der Waals surface area (Å²) in [7, 11) is 0. The van der Waals surface area contributed by atoms with E-state index >= 15 is 0 Å². The van der Waals surface area contributed by atoms with Crippen molar-refractivity contribution in [2.75, 3.05) is 13.2 Å². The van der Waals surface area contributed by atoms with E-state index in [1.165, 1.54) is 6.20 Å². The van der Waals surface area contributed by atoms with Crippen molar-refractivity contribution in [2.45, 2.75) is 12.5 Å². The monoisotopic (exact) mass is 285 g/mol. The molecule has 0 amide bonds. The maximum Gasteiger partial charge on any atom is 0.337 e. The predicted molar refractivity (Wildman–Crippen MR) is 76.3 cm³/mol. The smallest absolute Gasteiger partial charge is 0.337 e. The minimum atomic E-state index is -0.999. The summed E-state index contributed by atoms with van der Waals surface area (Å²) in [4.78, 5) is 19.1. The summed E-state index contributed by atoms with van der Waals surface area (Å²) in [6.45, 7) is 1.65. The third-order valence-corrected chi connectivity index (χ3v) is 3.41. The van der Waals surface area contributed by atoms with E-state index in [1.54, 1.807) is 24.7 Å². The van der Waals surface area contributed by atoms with Crippen molar-refractivity contribution >= 4 is 5.97 Å². The number of pyridine rings is 2. The third-order valence-electron chi connectivity index (χ3n) is 3.41. The molecule has 6 heteroatoms. The molecule has 0 spiro atoms. The zero-order chi connectivity index (χ0) is 14.7. The van der Waals surface area contributed by atoms with Crippen LogP contribution in [0, 0.1) is 0 Å². The highest BCUT2D eigenvalue weighted by molar-refractivity contribution is 5.88. The van der Waals surface area contributed by atoms with Gasteiger partial charge in [0, 0.05) is 35.8 Å². The molecule has 108 valence electrons. The van der Waals surface area contributed by atoms with Crippen molar-refractivity contribution in [1.29, 1.82) is 0 Å². The molecule has 2 N–H and O–H groups in total. The summed E-state index contributed by atoms with van der Waals surface area (Å²) in [6.07, 6.45) is 7.37. The van der Waals surface area contributed by atoms with Gasteiger partial charge in [0.25, 0.3) is 0 Å². The maximum atomic E-state index is 11.0. The van der Waals surface area contributed by atoms with E-state index in [0.29, 0.717) is 24.0 Å². The van der Waals surface area contributed by atoms with E-state index in [9.17, 15) is 4.79 Å². The fourth-order valence-electron chi connectivity index (χ4n) is 2.06. The number of carboxylic acids is 1. The van der Waals surface area contributed by atoms with Crippen LogP contribution in [0.1, 0.15) is 16.8 Å². The molecule has 1 aliphatic heterocycles. The van der Waals surface area contributed by atoms with Crippen molar-refractivity contribution in [3.8, 4) is 16.9 Å². The van der Waals surface area contributed by atoms with Gasteiger partial charge in [0.05, 0.1) is 11.8 Å². The number of hydrogen-bond acceptors (Lipinski definition) is 5. The van der Waals surface area contributed by atoms with Crippen LogP contribution in [0.15, 0.2) is 36.9 Å². The number of carboxylic acid groups (broad SMARTS) is 1. The highest BCUT2D eigenvalue weighted by Gasteiger charge is 2.16. The Bertz CT molecular complexity index is 656. The Labute approximate surface area is 121 Å². The van der Waals surface area contributed by atoms with Crippen LogP contribution in [0.3, 0.4) is 0 Å². The molecule has 1 saturated heterocycles. The fourth-order valence-corrected chi connectivity index (χ4v) is 2.06. The van der Waals surface area contributed by atoms with Gasteiger partial charge in [-0.25, -0.2) is 4.79 Å². The van der Waals surface area contributed by atoms with Gasteiger partial charge in [-0.3, -0.25) is 9.97 Å². The lowest BCUT2D eigenvalue weighted by Crippen LogP contribution is -2.46. The Kier molecular flexibility index (Phi) is 3.79. The minimum Gasteiger partial charge on any atom is -0.490 e. The van der Waals surface area contributed by atoms with Crippen molar-refractivity contribution in [2.24, 2.45) is 0 Å². The second-order valence-electron chi connectivity index (χ2n) is 4.93. The van der Waals surface area contributed by atoms with Crippen LogP contribution < -0.4 is 10.1 Å². The molecule has 0 unspecified atom stereocenters. The van der Waals surface area contributed by atoms with E-state index in [0.717, 1.165) is 18.5 Å². The zero-order valence-electron chi connectivity index (χ0n) is 11.3. The summed E-state index contributed by atoms with van der Waals surface area (Å²) in [5, 5.41) is 12.3. The first-order valence-electron chi connectivity index (χ1n) is 6.72. The SMILES string of the molecule is O=C(O)c1cncc(-c2cncc(OC[C@H]3CCN3)c2)c1. The van der Waals surface area contributed by atoms with Gasteiger partial charge in [-0.1, -0.05) is 0 Å². The van der Waals surface area contributed by atoms with Crippen LogP contribution in [-0.4, -0.2) is 40.2 Å². The highest BCUT2D eigenvalue weighted by Crippen LogP contribution is 2.23. The Balaban J connectivity index is 1.78. The zero-order valence-corrected chi connectivity index (χ0v) is 11.3. The molecule has 1 aliphatic rings.